The fourth-order valence-electron chi connectivity index (χ4n) is 3.13. The van der Waals surface area contributed by atoms with Crippen LogP contribution in [-0.4, -0.2) is 14.4 Å². The molecule has 2 aromatic heterocycles. The molecule has 1 N–H and O–H groups in total. The van der Waals surface area contributed by atoms with Gasteiger partial charge in [0.05, 0.1) is 0 Å². The summed E-state index contributed by atoms with van der Waals surface area (Å²) in [6.07, 6.45) is 3.76. The van der Waals surface area contributed by atoms with Crippen LogP contribution in [0.3, 0.4) is 0 Å². The Bertz CT molecular complexity index is 1040. The van der Waals surface area contributed by atoms with E-state index >= 15 is 0 Å². The SMILES string of the molecule is Cc1cccc(-c2nc3ncccn3c2Nc2c(C)cccc2C)c1. The lowest BCUT2D eigenvalue weighted by atomic mass is 10.1. The van der Waals surface area contributed by atoms with Crippen LogP contribution < -0.4 is 5.32 Å². The predicted molar refractivity (Wildman–Crippen MR) is 102 cm³/mol. The van der Waals surface area contributed by atoms with E-state index < -0.39 is 0 Å². The standard InChI is InChI=1S/C21H20N4/c1-14-7-4-10-17(13-14)19-20(25-12-6-11-22-21(25)24-19)23-18-15(2)8-5-9-16(18)3/h4-13,23H,1-3H3. The highest BCUT2D eigenvalue weighted by molar-refractivity contribution is 5.80. The van der Waals surface area contributed by atoms with E-state index in [1.807, 2.05) is 16.7 Å². The first kappa shape index (κ1) is 15.4. The van der Waals surface area contributed by atoms with Crippen LogP contribution in [0.1, 0.15) is 16.7 Å². The van der Waals surface area contributed by atoms with E-state index in [9.17, 15) is 0 Å². The first-order valence-electron chi connectivity index (χ1n) is 8.37. The molecule has 4 nitrogen and oxygen atoms in total. The molecule has 4 rings (SSSR count). The van der Waals surface area contributed by atoms with Gasteiger partial charge in [0.25, 0.3) is 0 Å². The highest BCUT2D eigenvalue weighted by Gasteiger charge is 2.16. The van der Waals surface area contributed by atoms with Crippen LogP contribution in [0, 0.1) is 20.8 Å². The van der Waals surface area contributed by atoms with Gasteiger partial charge >= 0.3 is 0 Å². The predicted octanol–water partition coefficient (Wildman–Crippen LogP) is 5.07. The first-order valence-corrected chi connectivity index (χ1v) is 8.37. The number of anilines is 2. The molecule has 2 aromatic carbocycles. The summed E-state index contributed by atoms with van der Waals surface area (Å²) >= 11 is 0. The summed E-state index contributed by atoms with van der Waals surface area (Å²) in [5.41, 5.74) is 6.72. The molecule has 0 aliphatic carbocycles. The van der Waals surface area contributed by atoms with E-state index in [1.165, 1.54) is 16.7 Å². The summed E-state index contributed by atoms with van der Waals surface area (Å²) < 4.78 is 2.00. The Morgan fingerprint density at radius 3 is 2.44 bits per heavy atom. The molecule has 25 heavy (non-hydrogen) atoms. The summed E-state index contributed by atoms with van der Waals surface area (Å²) in [6.45, 7) is 6.32. The van der Waals surface area contributed by atoms with Crippen molar-refractivity contribution in [3.05, 3.63) is 77.6 Å². The summed E-state index contributed by atoms with van der Waals surface area (Å²) in [5.74, 6) is 1.62. The van der Waals surface area contributed by atoms with Crippen LogP contribution in [-0.2, 0) is 0 Å². The monoisotopic (exact) mass is 328 g/mol. The molecule has 0 spiro atoms. The third-order valence-electron chi connectivity index (χ3n) is 4.42. The molecular weight excluding hydrogens is 308 g/mol. The topological polar surface area (TPSA) is 42.2 Å². The summed E-state index contributed by atoms with van der Waals surface area (Å²) in [4.78, 5) is 9.18. The first-order chi connectivity index (χ1) is 12.1. The van der Waals surface area contributed by atoms with Crippen LogP contribution >= 0.6 is 0 Å². The van der Waals surface area contributed by atoms with E-state index in [-0.39, 0.29) is 0 Å². The van der Waals surface area contributed by atoms with Crippen LogP contribution in [0.4, 0.5) is 11.5 Å². The van der Waals surface area contributed by atoms with Gasteiger partial charge in [-0.15, -0.1) is 0 Å². The van der Waals surface area contributed by atoms with Crippen LogP contribution in [0.5, 0.6) is 0 Å². The molecule has 0 atom stereocenters. The fourth-order valence-corrected chi connectivity index (χ4v) is 3.13. The van der Waals surface area contributed by atoms with Crippen molar-refractivity contribution in [2.45, 2.75) is 20.8 Å². The van der Waals surface area contributed by atoms with Crippen molar-refractivity contribution in [2.75, 3.05) is 5.32 Å². The Morgan fingerprint density at radius 2 is 1.68 bits per heavy atom. The minimum Gasteiger partial charge on any atom is -0.339 e. The third kappa shape index (κ3) is 2.76. The number of nitrogens with one attached hydrogen (secondary N) is 1. The smallest absolute Gasteiger partial charge is 0.235 e. The van der Waals surface area contributed by atoms with Crippen molar-refractivity contribution < 1.29 is 0 Å². The molecule has 0 radical (unpaired) electrons. The number of rotatable bonds is 3. The van der Waals surface area contributed by atoms with E-state index in [4.69, 9.17) is 4.98 Å². The molecule has 4 heteroatoms. The van der Waals surface area contributed by atoms with E-state index in [2.05, 4.69) is 73.5 Å². The molecule has 0 amide bonds. The largest absolute Gasteiger partial charge is 0.339 e. The van der Waals surface area contributed by atoms with Gasteiger partial charge in [-0.05, 0) is 44.0 Å². The number of para-hydroxylation sites is 1. The van der Waals surface area contributed by atoms with E-state index in [0.29, 0.717) is 5.78 Å². The van der Waals surface area contributed by atoms with Gasteiger partial charge in [0, 0.05) is 23.6 Å². The number of hydrogen-bond acceptors (Lipinski definition) is 3. The molecule has 0 fully saturated rings. The lowest BCUT2D eigenvalue weighted by Crippen LogP contribution is -2.00. The van der Waals surface area contributed by atoms with Gasteiger partial charge in [-0.25, -0.2) is 9.97 Å². The Morgan fingerprint density at radius 1 is 0.920 bits per heavy atom. The van der Waals surface area contributed by atoms with Crippen LogP contribution in [0.15, 0.2) is 60.9 Å². The second-order valence-corrected chi connectivity index (χ2v) is 6.36. The molecule has 124 valence electrons. The maximum absolute atomic E-state index is 4.77. The number of hydrogen-bond donors (Lipinski definition) is 1. The lowest BCUT2D eigenvalue weighted by Gasteiger charge is -2.14. The number of benzene rings is 2. The Labute approximate surface area is 147 Å². The van der Waals surface area contributed by atoms with Crippen molar-refractivity contribution in [2.24, 2.45) is 0 Å². The van der Waals surface area contributed by atoms with Gasteiger partial charge in [0.15, 0.2) is 0 Å². The van der Waals surface area contributed by atoms with Gasteiger partial charge < -0.3 is 5.32 Å². The normalized spacial score (nSPS) is 11.0. The zero-order valence-corrected chi connectivity index (χ0v) is 14.6. The van der Waals surface area contributed by atoms with Crippen molar-refractivity contribution in [1.29, 1.82) is 0 Å². The molecule has 0 bridgehead atoms. The molecule has 4 aromatic rings. The quantitative estimate of drug-likeness (QED) is 0.571. The van der Waals surface area contributed by atoms with E-state index in [1.54, 1.807) is 6.20 Å². The van der Waals surface area contributed by atoms with E-state index in [0.717, 1.165) is 22.8 Å². The summed E-state index contributed by atoms with van der Waals surface area (Å²) in [7, 11) is 0. The van der Waals surface area contributed by atoms with Crippen molar-refractivity contribution in [3.8, 4) is 11.3 Å². The molecule has 0 aliphatic heterocycles. The van der Waals surface area contributed by atoms with Crippen molar-refractivity contribution in [3.63, 3.8) is 0 Å². The summed E-state index contributed by atoms with van der Waals surface area (Å²) in [6, 6.07) is 16.6. The molecule has 2 heterocycles. The molecule has 0 aliphatic rings. The van der Waals surface area contributed by atoms with Crippen LogP contribution in [0.25, 0.3) is 17.0 Å². The van der Waals surface area contributed by atoms with Gasteiger partial charge in [0.1, 0.15) is 11.5 Å². The lowest BCUT2D eigenvalue weighted by molar-refractivity contribution is 1.11. The zero-order chi connectivity index (χ0) is 17.4. The number of nitrogens with zero attached hydrogens (tertiary/aromatic N) is 3. The number of aryl methyl sites for hydroxylation is 3. The Kier molecular flexibility index (Phi) is 3.73. The summed E-state index contributed by atoms with van der Waals surface area (Å²) in [5, 5.41) is 3.61. The highest BCUT2D eigenvalue weighted by atomic mass is 15.2. The maximum atomic E-state index is 4.77. The van der Waals surface area contributed by atoms with Gasteiger partial charge in [-0.2, -0.15) is 0 Å². The number of aromatic nitrogens is 3. The van der Waals surface area contributed by atoms with Gasteiger partial charge in [-0.1, -0.05) is 42.0 Å². The fraction of sp³-hybridized carbons (Fsp3) is 0.143. The molecule has 0 unspecified atom stereocenters. The Hall–Kier alpha value is -3.14. The second kappa shape index (κ2) is 6.06. The zero-order valence-electron chi connectivity index (χ0n) is 14.6. The van der Waals surface area contributed by atoms with Gasteiger partial charge in [-0.3, -0.25) is 4.40 Å². The third-order valence-corrected chi connectivity index (χ3v) is 4.42. The number of imidazole rings is 1. The second-order valence-electron chi connectivity index (χ2n) is 6.36. The highest BCUT2D eigenvalue weighted by Crippen LogP contribution is 2.33. The van der Waals surface area contributed by atoms with Crippen LogP contribution in [0.2, 0.25) is 0 Å². The molecule has 0 saturated carbocycles. The molecule has 0 saturated heterocycles. The number of fused-ring (bicyclic) bond motifs is 1. The average molecular weight is 328 g/mol. The van der Waals surface area contributed by atoms with Crippen molar-refractivity contribution >= 4 is 17.3 Å². The Balaban J connectivity index is 1.94. The minimum absolute atomic E-state index is 0.688. The van der Waals surface area contributed by atoms with Crippen molar-refractivity contribution in [1.82, 2.24) is 14.4 Å². The minimum atomic E-state index is 0.688. The van der Waals surface area contributed by atoms with Gasteiger partial charge in [0.2, 0.25) is 5.78 Å². The average Bonchev–Trinajstić information content (AvgIpc) is 2.97. The molecular formula is C21H20N4. The maximum Gasteiger partial charge on any atom is 0.235 e.